The summed E-state index contributed by atoms with van der Waals surface area (Å²) >= 11 is 0. The van der Waals surface area contributed by atoms with Crippen LogP contribution in [0.1, 0.15) is 280 Å². The first-order valence-corrected chi connectivity index (χ1v) is 48.3. The summed E-state index contributed by atoms with van der Waals surface area (Å²) in [6.07, 6.45) is 50.1. The predicted octanol–water partition coefficient (Wildman–Crippen LogP) is 17.1. The molecule has 680 valence electrons. The van der Waals surface area contributed by atoms with Gasteiger partial charge in [0.1, 0.15) is 34.7 Å². The predicted molar refractivity (Wildman–Crippen MR) is 515 cm³/mol. The summed E-state index contributed by atoms with van der Waals surface area (Å²) in [5.74, 6) is 5.91. The van der Waals surface area contributed by atoms with Gasteiger partial charge in [0.15, 0.2) is 5.82 Å². The van der Waals surface area contributed by atoms with E-state index in [4.69, 9.17) is 32.9 Å². The fraction of sp³-hybridized carbons (Fsp3) is 0.660. The molecule has 0 spiro atoms. The highest BCUT2D eigenvalue weighted by Gasteiger charge is 2.26. The lowest BCUT2D eigenvalue weighted by Gasteiger charge is -2.33. The quantitative estimate of drug-likeness (QED) is 0.0408. The van der Waals surface area contributed by atoms with Crippen LogP contribution in [0.15, 0.2) is 54.9 Å². The van der Waals surface area contributed by atoms with Crippen molar-refractivity contribution in [2.24, 2.45) is 0 Å². The van der Waals surface area contributed by atoms with Gasteiger partial charge in [-0.25, -0.2) is 34.9 Å². The number of fused-ring (bicyclic) bond motifs is 4. The first-order valence-electron chi connectivity index (χ1n) is 48.3. The molecule has 0 saturated carbocycles. The summed E-state index contributed by atoms with van der Waals surface area (Å²) in [4.78, 5) is 77.0. The number of hydrogen-bond donors (Lipinski definition) is 4. The number of aromatic nitrogens is 15. The molecule has 0 aromatic carbocycles. The lowest BCUT2D eigenvalue weighted by Crippen LogP contribution is -2.44. The third-order valence-electron chi connectivity index (χ3n) is 24.4. The number of piperazine rings is 4. The summed E-state index contributed by atoms with van der Waals surface area (Å²) in [5, 5.41) is 8.61. The molecule has 27 nitrogen and oxygen atoms in total. The van der Waals surface area contributed by atoms with Crippen molar-refractivity contribution in [3.63, 3.8) is 0 Å². The Balaban J connectivity index is 0.000000170. The van der Waals surface area contributed by atoms with Crippen LogP contribution < -0.4 is 42.5 Å². The number of pyridine rings is 2. The molecular formula is C97H157N27. The van der Waals surface area contributed by atoms with Gasteiger partial charge in [0.2, 0.25) is 29.6 Å². The number of nitrogens with two attached hydrogens (primary N) is 4. The third-order valence-corrected chi connectivity index (χ3v) is 24.4. The van der Waals surface area contributed by atoms with Gasteiger partial charge in [0.05, 0.1) is 28.5 Å². The number of hydrogen-bond acceptors (Lipinski definition) is 27. The Morgan fingerprint density at radius 2 is 0.573 bits per heavy atom. The Bertz CT molecular complexity index is 3790. The van der Waals surface area contributed by atoms with Crippen LogP contribution in [0.2, 0.25) is 0 Å². The number of rotatable bonds is 24. The Morgan fingerprint density at radius 3 is 0.992 bits per heavy atom. The molecule has 16 rings (SSSR count). The van der Waals surface area contributed by atoms with E-state index in [-0.39, 0.29) is 11.9 Å². The fourth-order valence-corrected chi connectivity index (χ4v) is 16.3. The first kappa shape index (κ1) is 98.7. The lowest BCUT2D eigenvalue weighted by molar-refractivity contribution is 0.312. The minimum absolute atomic E-state index is 0.253. The van der Waals surface area contributed by atoms with Gasteiger partial charge in [0, 0.05) is 164 Å². The number of likely N-dealkylation sites (N-methyl/N-ethyl adjacent to an activating group) is 4. The highest BCUT2D eigenvalue weighted by atomic mass is 15.3. The highest BCUT2D eigenvalue weighted by molar-refractivity contribution is 5.66. The molecule has 27 heteroatoms. The number of aryl methyl sites for hydroxylation is 8. The fourth-order valence-electron chi connectivity index (χ4n) is 16.3. The van der Waals surface area contributed by atoms with Gasteiger partial charge in [-0.05, 0) is 160 Å². The standard InChI is InChI=1S/2C18H24N6.C17H23N7.C16H22N8.4C7H16/c1-23-6-8-24(9-7-23)17-11-16(21-18(19)22-17)14-10-13-4-2-3-5-15(13)20-12-14;1-23-8-10-24(11-9-23)17-12-16(21-18(19)22-17)15-7-6-13-4-2-3-5-14(13)20-15;1-23-6-8-24(9-7-23)15-10-14(21-17(18)22-15)16-19-11-12-4-2-3-5-13(12)20-16;1-23-6-8-24(9-7-23)14-10-13(19-16(17)20-14)15-18-11-4-2-3-5-12(11)21-22-15;4*1-3-5-7-6-4-2/h10-12H,2-9H2,1H3,(H2,19,21,22);6-7,12H,2-5,8-11H2,1H3,(H2,19,21,22);10-11H,2-9H2,1H3,(H2,18,21,22);10H,2-9H2,1H3,(H2,17,19,20);4*3-7H2,1-2H3. The van der Waals surface area contributed by atoms with E-state index >= 15 is 0 Å². The third kappa shape index (κ3) is 33.1. The summed E-state index contributed by atoms with van der Waals surface area (Å²) in [6, 6.07) is 14.5. The van der Waals surface area contributed by atoms with Crippen LogP contribution in [0.4, 0.5) is 47.1 Å². The molecule has 4 fully saturated rings. The van der Waals surface area contributed by atoms with Gasteiger partial charge in [-0.1, -0.05) is 190 Å². The molecule has 0 atom stereocenters. The van der Waals surface area contributed by atoms with Gasteiger partial charge in [0.25, 0.3) is 0 Å². The summed E-state index contributed by atoms with van der Waals surface area (Å²) in [6.45, 7) is 33.8. The van der Waals surface area contributed by atoms with Gasteiger partial charge >= 0.3 is 0 Å². The number of unbranched alkanes of at least 4 members (excludes halogenated alkanes) is 16. The zero-order valence-electron chi connectivity index (χ0n) is 78.6. The van der Waals surface area contributed by atoms with Crippen molar-refractivity contribution < 1.29 is 0 Å². The number of anilines is 8. The van der Waals surface area contributed by atoms with E-state index in [0.717, 1.165) is 232 Å². The Kier molecular flexibility index (Phi) is 43.6. The molecule has 0 radical (unpaired) electrons. The van der Waals surface area contributed by atoms with Crippen LogP contribution in [0.5, 0.6) is 0 Å². The minimum Gasteiger partial charge on any atom is -0.368 e. The Morgan fingerprint density at radius 1 is 0.250 bits per heavy atom. The minimum atomic E-state index is 0.253. The largest absolute Gasteiger partial charge is 0.368 e. The molecule has 8 aromatic heterocycles. The molecular weight excluding hydrogens is 1540 g/mol. The lowest BCUT2D eigenvalue weighted by atomic mass is 9.94. The van der Waals surface area contributed by atoms with Crippen LogP contribution in [0.3, 0.4) is 0 Å². The zero-order valence-corrected chi connectivity index (χ0v) is 78.6. The van der Waals surface area contributed by atoms with Crippen LogP contribution in [-0.4, -0.2) is 227 Å². The van der Waals surface area contributed by atoms with Crippen molar-refractivity contribution in [1.29, 1.82) is 0 Å². The molecule has 0 amide bonds. The van der Waals surface area contributed by atoms with E-state index in [1.807, 2.05) is 36.7 Å². The molecule has 0 unspecified atom stereocenters. The maximum absolute atomic E-state index is 5.99. The SMILES string of the molecule is CCCCCCC.CCCCCCC.CCCCCCC.CCCCCCC.CN1CCN(c2cc(-c3ccc4c(n3)CCCC4)nc(N)n2)CC1.CN1CCN(c2cc(-c3cnc4c(c3)CCCC4)nc(N)n2)CC1.CN1CCN(c2cc(-c3ncc4c(n3)CCCC4)nc(N)n2)CC1.CN1CCN(c2cc(-c3nnc4c(n3)CCCC4)nc(N)n2)CC1. The van der Waals surface area contributed by atoms with Crippen molar-refractivity contribution in [2.45, 2.75) is 287 Å². The monoisotopic (exact) mass is 1700 g/mol. The van der Waals surface area contributed by atoms with Crippen molar-refractivity contribution in [3.05, 3.63) is 100 Å². The van der Waals surface area contributed by atoms with Gasteiger partial charge < -0.3 is 62.1 Å². The summed E-state index contributed by atoms with van der Waals surface area (Å²) in [5.41, 5.74) is 38.6. The van der Waals surface area contributed by atoms with Crippen molar-refractivity contribution in [2.75, 3.05) is 175 Å². The summed E-state index contributed by atoms with van der Waals surface area (Å²) in [7, 11) is 8.56. The van der Waals surface area contributed by atoms with Crippen LogP contribution in [0.25, 0.3) is 45.7 Å². The Hall–Kier alpha value is -9.05. The highest BCUT2D eigenvalue weighted by Crippen LogP contribution is 2.32. The van der Waals surface area contributed by atoms with Gasteiger partial charge in [-0.2, -0.15) is 25.0 Å². The zero-order chi connectivity index (χ0) is 88.2. The molecule has 0 bridgehead atoms. The molecule has 4 aliphatic heterocycles. The van der Waals surface area contributed by atoms with Gasteiger partial charge in [-0.3, -0.25) is 9.97 Å². The van der Waals surface area contributed by atoms with E-state index in [2.05, 4.69) is 206 Å². The smallest absolute Gasteiger partial charge is 0.222 e. The van der Waals surface area contributed by atoms with E-state index in [0.29, 0.717) is 34.9 Å². The Labute approximate surface area is 745 Å². The maximum atomic E-state index is 5.99. The van der Waals surface area contributed by atoms with E-state index in [9.17, 15) is 0 Å². The van der Waals surface area contributed by atoms with Crippen molar-refractivity contribution in [3.8, 4) is 45.7 Å². The number of nitrogen functional groups attached to an aromatic ring is 4. The average molecular weight is 1700 g/mol. The van der Waals surface area contributed by atoms with Crippen LogP contribution in [0, 0.1) is 0 Å². The number of nitrogens with zero attached hydrogens (tertiary/aromatic N) is 23. The van der Waals surface area contributed by atoms with Gasteiger partial charge in [-0.15, -0.1) is 5.10 Å². The molecule has 4 saturated heterocycles. The van der Waals surface area contributed by atoms with E-state index in [1.165, 1.54) is 195 Å². The van der Waals surface area contributed by atoms with Crippen molar-refractivity contribution in [1.82, 2.24) is 94.6 Å². The van der Waals surface area contributed by atoms with Crippen LogP contribution >= 0.6 is 0 Å². The second-order valence-corrected chi connectivity index (χ2v) is 34.9. The maximum Gasteiger partial charge on any atom is 0.222 e. The van der Waals surface area contributed by atoms with E-state index in [1.54, 1.807) is 0 Å². The topological polar surface area (TPSA) is 323 Å². The second kappa shape index (κ2) is 54.7. The average Bonchev–Trinajstić information content (AvgIpc) is 0.817. The molecule has 12 heterocycles. The second-order valence-electron chi connectivity index (χ2n) is 34.9. The molecule has 8 N–H and O–H groups in total. The normalized spacial score (nSPS) is 16.4. The molecule has 4 aliphatic carbocycles. The molecule has 124 heavy (non-hydrogen) atoms. The van der Waals surface area contributed by atoms with Crippen LogP contribution in [-0.2, 0) is 51.4 Å². The first-order chi connectivity index (χ1) is 60.4. The molecule has 8 aliphatic rings. The summed E-state index contributed by atoms with van der Waals surface area (Å²) < 4.78 is 0. The van der Waals surface area contributed by atoms with Crippen molar-refractivity contribution >= 4 is 47.1 Å². The molecule has 8 aromatic rings. The van der Waals surface area contributed by atoms with E-state index < -0.39 is 0 Å².